The second kappa shape index (κ2) is 9.07. The first-order valence-electron chi connectivity index (χ1n) is 9.46. The van der Waals surface area contributed by atoms with Crippen LogP contribution in [0.3, 0.4) is 0 Å². The number of amides is 1. The standard InChI is InChI=1S/C22H27N3OS2/c1-6-27-18-9-7-8-17(14-18)21(26)25(11-10-24(4)5)22-23-19-12-15(2)16(3)13-20(19)28-22/h7-9,12-14H,6,10-11H2,1-5H3. The van der Waals surface area contributed by atoms with Gasteiger partial charge < -0.3 is 4.90 Å². The fraction of sp³-hybridized carbons (Fsp3) is 0.364. The predicted molar refractivity (Wildman–Crippen MR) is 122 cm³/mol. The minimum atomic E-state index is 0.00732. The maximum atomic E-state index is 13.4. The smallest absolute Gasteiger partial charge is 0.260 e. The number of aromatic nitrogens is 1. The molecule has 0 aliphatic heterocycles. The Balaban J connectivity index is 1.99. The van der Waals surface area contributed by atoms with Crippen LogP contribution in [-0.2, 0) is 0 Å². The van der Waals surface area contributed by atoms with Gasteiger partial charge in [0.05, 0.1) is 10.2 Å². The number of nitrogens with zero attached hydrogens (tertiary/aromatic N) is 3. The van der Waals surface area contributed by atoms with E-state index in [2.05, 4.69) is 43.9 Å². The number of hydrogen-bond donors (Lipinski definition) is 0. The van der Waals surface area contributed by atoms with Crippen molar-refractivity contribution in [1.82, 2.24) is 9.88 Å². The molecule has 0 bridgehead atoms. The highest BCUT2D eigenvalue weighted by atomic mass is 32.2. The van der Waals surface area contributed by atoms with Gasteiger partial charge in [-0.1, -0.05) is 24.3 Å². The topological polar surface area (TPSA) is 36.4 Å². The number of rotatable bonds is 7. The summed E-state index contributed by atoms with van der Waals surface area (Å²) in [6.07, 6.45) is 0. The Kier molecular flexibility index (Phi) is 6.75. The average Bonchev–Trinajstić information content (AvgIpc) is 3.04. The van der Waals surface area contributed by atoms with Gasteiger partial charge in [-0.05, 0) is 75.2 Å². The van der Waals surface area contributed by atoms with Crippen LogP contribution in [0.2, 0.25) is 0 Å². The summed E-state index contributed by atoms with van der Waals surface area (Å²) >= 11 is 3.34. The molecule has 28 heavy (non-hydrogen) atoms. The van der Waals surface area contributed by atoms with Crippen LogP contribution in [0.5, 0.6) is 0 Å². The molecular weight excluding hydrogens is 386 g/mol. The Labute approximate surface area is 175 Å². The van der Waals surface area contributed by atoms with Gasteiger partial charge in [0.25, 0.3) is 5.91 Å². The molecule has 0 N–H and O–H groups in total. The predicted octanol–water partition coefficient (Wildman–Crippen LogP) is 5.23. The van der Waals surface area contributed by atoms with E-state index in [1.165, 1.54) is 11.1 Å². The van der Waals surface area contributed by atoms with Crippen molar-refractivity contribution in [2.75, 3.05) is 37.8 Å². The van der Waals surface area contributed by atoms with Gasteiger partial charge in [0, 0.05) is 23.5 Å². The van der Waals surface area contributed by atoms with E-state index < -0.39 is 0 Å². The average molecular weight is 414 g/mol. The number of thioether (sulfide) groups is 1. The summed E-state index contributed by atoms with van der Waals surface area (Å²) in [6.45, 7) is 7.71. The molecule has 148 valence electrons. The lowest BCUT2D eigenvalue weighted by Crippen LogP contribution is -2.36. The molecule has 2 aromatic carbocycles. The van der Waals surface area contributed by atoms with Crippen LogP contribution in [0, 0.1) is 13.8 Å². The highest BCUT2D eigenvalue weighted by molar-refractivity contribution is 7.99. The molecule has 0 saturated heterocycles. The molecule has 0 aliphatic carbocycles. The van der Waals surface area contributed by atoms with Crippen molar-refractivity contribution in [1.29, 1.82) is 0 Å². The number of likely N-dealkylation sites (N-methyl/N-ethyl adjacent to an activating group) is 1. The van der Waals surface area contributed by atoms with E-state index in [9.17, 15) is 4.79 Å². The zero-order valence-electron chi connectivity index (χ0n) is 17.2. The first-order chi connectivity index (χ1) is 13.4. The summed E-state index contributed by atoms with van der Waals surface area (Å²) in [6, 6.07) is 12.2. The summed E-state index contributed by atoms with van der Waals surface area (Å²) in [5.74, 6) is 0.992. The van der Waals surface area contributed by atoms with Gasteiger partial charge in [-0.3, -0.25) is 9.69 Å². The van der Waals surface area contributed by atoms with Crippen LogP contribution < -0.4 is 4.90 Å². The van der Waals surface area contributed by atoms with E-state index in [1.54, 1.807) is 23.1 Å². The number of hydrogen-bond acceptors (Lipinski definition) is 5. The molecule has 0 fully saturated rings. The van der Waals surface area contributed by atoms with Crippen LogP contribution in [0.25, 0.3) is 10.2 Å². The molecule has 6 heteroatoms. The summed E-state index contributed by atoms with van der Waals surface area (Å²) in [4.78, 5) is 23.2. The van der Waals surface area contributed by atoms with Gasteiger partial charge >= 0.3 is 0 Å². The molecule has 0 spiro atoms. The van der Waals surface area contributed by atoms with E-state index in [1.807, 2.05) is 37.2 Å². The monoisotopic (exact) mass is 413 g/mol. The normalized spacial score (nSPS) is 11.4. The van der Waals surface area contributed by atoms with Crippen LogP contribution in [0.15, 0.2) is 41.3 Å². The zero-order valence-corrected chi connectivity index (χ0v) is 18.8. The zero-order chi connectivity index (χ0) is 20.3. The molecule has 0 aliphatic rings. The number of thiazole rings is 1. The summed E-state index contributed by atoms with van der Waals surface area (Å²) in [5.41, 5.74) is 4.14. The van der Waals surface area contributed by atoms with Gasteiger partial charge in [-0.15, -0.1) is 11.8 Å². The number of carbonyl (C=O) groups excluding carboxylic acids is 1. The van der Waals surface area contributed by atoms with Crippen LogP contribution in [0.1, 0.15) is 28.4 Å². The van der Waals surface area contributed by atoms with E-state index in [0.29, 0.717) is 12.1 Å². The lowest BCUT2D eigenvalue weighted by atomic mass is 10.1. The van der Waals surface area contributed by atoms with E-state index in [-0.39, 0.29) is 5.91 Å². The van der Waals surface area contributed by atoms with Crippen molar-refractivity contribution >= 4 is 44.4 Å². The van der Waals surface area contributed by atoms with Crippen molar-refractivity contribution in [3.63, 3.8) is 0 Å². The van der Waals surface area contributed by atoms with Gasteiger partial charge in [0.15, 0.2) is 5.13 Å². The Morgan fingerprint density at radius 1 is 1.11 bits per heavy atom. The van der Waals surface area contributed by atoms with E-state index >= 15 is 0 Å². The Morgan fingerprint density at radius 2 is 1.86 bits per heavy atom. The second-order valence-corrected chi connectivity index (χ2v) is 9.47. The van der Waals surface area contributed by atoms with Gasteiger partial charge in [0.1, 0.15) is 0 Å². The van der Waals surface area contributed by atoms with Gasteiger partial charge in [-0.25, -0.2) is 4.98 Å². The Morgan fingerprint density at radius 3 is 2.57 bits per heavy atom. The molecule has 0 unspecified atom stereocenters. The van der Waals surface area contributed by atoms with Crippen molar-refractivity contribution in [2.24, 2.45) is 0 Å². The molecule has 4 nitrogen and oxygen atoms in total. The van der Waals surface area contributed by atoms with Gasteiger partial charge in [-0.2, -0.15) is 0 Å². The largest absolute Gasteiger partial charge is 0.308 e. The molecular formula is C22H27N3OS2. The Hall–Kier alpha value is -1.89. The fourth-order valence-electron chi connectivity index (χ4n) is 2.91. The number of fused-ring (bicyclic) bond motifs is 1. The van der Waals surface area contributed by atoms with Crippen LogP contribution >= 0.6 is 23.1 Å². The quantitative estimate of drug-likeness (QED) is 0.497. The van der Waals surface area contributed by atoms with Crippen molar-refractivity contribution in [2.45, 2.75) is 25.7 Å². The molecule has 0 saturated carbocycles. The molecule has 1 aromatic heterocycles. The fourth-order valence-corrected chi connectivity index (χ4v) is 4.70. The summed E-state index contributed by atoms with van der Waals surface area (Å²) in [5, 5.41) is 0.764. The number of benzene rings is 2. The lowest BCUT2D eigenvalue weighted by molar-refractivity contribution is 0.0985. The molecule has 3 aromatic rings. The summed E-state index contributed by atoms with van der Waals surface area (Å²) < 4.78 is 1.12. The minimum Gasteiger partial charge on any atom is -0.308 e. The van der Waals surface area contributed by atoms with Crippen molar-refractivity contribution in [3.8, 4) is 0 Å². The minimum absolute atomic E-state index is 0.00732. The lowest BCUT2D eigenvalue weighted by Gasteiger charge is -2.22. The van der Waals surface area contributed by atoms with Gasteiger partial charge in [0.2, 0.25) is 0 Å². The Bertz CT molecular complexity index is 942. The van der Waals surface area contributed by atoms with Crippen LogP contribution in [-0.4, -0.2) is 48.7 Å². The van der Waals surface area contributed by atoms with E-state index in [0.717, 1.165) is 32.5 Å². The van der Waals surface area contributed by atoms with Crippen molar-refractivity contribution < 1.29 is 4.79 Å². The molecule has 3 rings (SSSR count). The number of aryl methyl sites for hydroxylation is 2. The maximum absolute atomic E-state index is 13.4. The number of carbonyl (C=O) groups is 1. The highest BCUT2D eigenvalue weighted by Crippen LogP contribution is 2.32. The third kappa shape index (κ3) is 4.74. The van der Waals surface area contributed by atoms with Crippen LogP contribution in [0.4, 0.5) is 5.13 Å². The second-order valence-electron chi connectivity index (χ2n) is 7.12. The first kappa shape index (κ1) is 20.8. The highest BCUT2D eigenvalue weighted by Gasteiger charge is 2.22. The molecule has 0 radical (unpaired) electrons. The molecule has 1 amide bonds. The SMILES string of the molecule is CCSc1cccc(C(=O)N(CCN(C)C)c2nc3cc(C)c(C)cc3s2)c1. The first-order valence-corrected chi connectivity index (χ1v) is 11.3. The third-order valence-corrected chi connectivity index (χ3v) is 6.55. The summed E-state index contributed by atoms with van der Waals surface area (Å²) in [7, 11) is 4.04. The third-order valence-electron chi connectivity index (χ3n) is 4.63. The van der Waals surface area contributed by atoms with E-state index in [4.69, 9.17) is 4.98 Å². The molecule has 1 heterocycles. The maximum Gasteiger partial charge on any atom is 0.260 e. The molecule has 0 atom stereocenters. The van der Waals surface area contributed by atoms with Crippen molar-refractivity contribution in [3.05, 3.63) is 53.1 Å². The number of anilines is 1.